The van der Waals surface area contributed by atoms with Gasteiger partial charge in [0, 0.05) is 5.41 Å². The first-order chi connectivity index (χ1) is 7.92. The lowest BCUT2D eigenvalue weighted by Gasteiger charge is -2.57. The molecule has 2 saturated carbocycles. The van der Waals surface area contributed by atoms with Crippen LogP contribution in [0.3, 0.4) is 0 Å². The number of rotatable bonds is 0. The lowest BCUT2D eigenvalue weighted by atomic mass is 9.49. The monoisotopic (exact) mass is 254 g/mol. The van der Waals surface area contributed by atoms with E-state index >= 15 is 0 Å². The minimum absolute atomic E-state index is 0.127. The fourth-order valence-corrected chi connectivity index (χ4v) is 5.52. The van der Waals surface area contributed by atoms with Crippen LogP contribution in [-0.4, -0.2) is 21.9 Å². The Morgan fingerprint density at radius 1 is 0.889 bits per heavy atom. The Bertz CT molecular complexity index is 325. The Kier molecular flexibility index (Phi) is 2.97. The Hall–Kier alpha value is -0.0800. The molecule has 2 aliphatic rings. The van der Waals surface area contributed by atoms with E-state index < -0.39 is 11.7 Å². The molecule has 0 saturated heterocycles. The molecule has 0 bridgehead atoms. The van der Waals surface area contributed by atoms with Gasteiger partial charge in [-0.2, -0.15) is 0 Å². The molecule has 2 fully saturated rings. The van der Waals surface area contributed by atoms with Gasteiger partial charge in [-0.15, -0.1) is 0 Å². The summed E-state index contributed by atoms with van der Waals surface area (Å²) in [5.41, 5.74) is -0.590. The van der Waals surface area contributed by atoms with E-state index in [1.165, 1.54) is 6.42 Å². The van der Waals surface area contributed by atoms with Crippen LogP contribution >= 0.6 is 0 Å². The fourth-order valence-electron chi connectivity index (χ4n) is 5.52. The fraction of sp³-hybridized carbons (Fsp3) is 1.00. The SMILES string of the molecule is C[C@@H]1C[C@H](O)[C@](C)(O)C12CC(C)(C)CC(C)(C)C2. The average Bonchev–Trinajstić information content (AvgIpc) is 2.23. The molecule has 0 heterocycles. The molecule has 0 aliphatic heterocycles. The van der Waals surface area contributed by atoms with E-state index in [1.54, 1.807) is 0 Å². The first-order valence-corrected chi connectivity index (χ1v) is 7.32. The minimum Gasteiger partial charge on any atom is -0.390 e. The second-order valence-corrected chi connectivity index (χ2v) is 8.81. The van der Waals surface area contributed by atoms with E-state index in [9.17, 15) is 10.2 Å². The summed E-state index contributed by atoms with van der Waals surface area (Å²) in [6.45, 7) is 13.3. The van der Waals surface area contributed by atoms with Gasteiger partial charge in [-0.25, -0.2) is 0 Å². The second-order valence-electron chi connectivity index (χ2n) is 8.81. The maximum Gasteiger partial charge on any atom is 0.0936 e. The van der Waals surface area contributed by atoms with Crippen molar-refractivity contribution in [3.05, 3.63) is 0 Å². The van der Waals surface area contributed by atoms with Gasteiger partial charge in [0.05, 0.1) is 11.7 Å². The number of aliphatic hydroxyl groups excluding tert-OH is 1. The zero-order valence-corrected chi connectivity index (χ0v) is 12.9. The molecule has 0 aromatic carbocycles. The summed E-state index contributed by atoms with van der Waals surface area (Å²) < 4.78 is 0. The standard InChI is InChI=1S/C16H30O2/c1-11-7-12(17)15(6,18)16(11)9-13(2,3)8-14(4,5)10-16/h11-12,17-18H,7-10H2,1-6H3/t11-,12+,15+/m1/s1. The Labute approximate surface area is 112 Å². The number of hydrogen-bond donors (Lipinski definition) is 2. The molecule has 2 rings (SSSR count). The Morgan fingerprint density at radius 2 is 1.33 bits per heavy atom. The molecule has 2 N–H and O–H groups in total. The molecule has 2 nitrogen and oxygen atoms in total. The van der Waals surface area contributed by atoms with Crippen molar-refractivity contribution in [3.8, 4) is 0 Å². The highest BCUT2D eigenvalue weighted by Gasteiger charge is 2.64. The smallest absolute Gasteiger partial charge is 0.0936 e. The third-order valence-corrected chi connectivity index (χ3v) is 5.72. The van der Waals surface area contributed by atoms with Crippen molar-refractivity contribution in [3.63, 3.8) is 0 Å². The number of hydrogen-bond acceptors (Lipinski definition) is 2. The van der Waals surface area contributed by atoms with Crippen molar-refractivity contribution >= 4 is 0 Å². The van der Waals surface area contributed by atoms with Crippen molar-refractivity contribution in [1.82, 2.24) is 0 Å². The van der Waals surface area contributed by atoms with E-state index in [1.807, 2.05) is 6.92 Å². The van der Waals surface area contributed by atoms with Gasteiger partial charge < -0.3 is 10.2 Å². The van der Waals surface area contributed by atoms with E-state index in [0.717, 1.165) is 19.3 Å². The van der Waals surface area contributed by atoms with Crippen LogP contribution < -0.4 is 0 Å². The summed E-state index contributed by atoms with van der Waals surface area (Å²) in [5.74, 6) is 0.390. The zero-order valence-electron chi connectivity index (χ0n) is 12.9. The number of aliphatic hydroxyl groups is 2. The van der Waals surface area contributed by atoms with Crippen LogP contribution in [0.2, 0.25) is 0 Å². The van der Waals surface area contributed by atoms with Gasteiger partial charge in [-0.3, -0.25) is 0 Å². The van der Waals surface area contributed by atoms with E-state index in [-0.39, 0.29) is 16.2 Å². The summed E-state index contributed by atoms with van der Waals surface area (Å²) in [4.78, 5) is 0. The topological polar surface area (TPSA) is 40.5 Å². The van der Waals surface area contributed by atoms with Gasteiger partial charge in [-0.05, 0) is 49.4 Å². The first kappa shape index (κ1) is 14.3. The van der Waals surface area contributed by atoms with Crippen molar-refractivity contribution in [1.29, 1.82) is 0 Å². The molecular weight excluding hydrogens is 224 g/mol. The van der Waals surface area contributed by atoms with Gasteiger partial charge in [0.15, 0.2) is 0 Å². The van der Waals surface area contributed by atoms with Crippen LogP contribution in [0.25, 0.3) is 0 Å². The van der Waals surface area contributed by atoms with E-state index in [0.29, 0.717) is 5.92 Å². The Balaban J connectivity index is 2.46. The summed E-state index contributed by atoms with van der Waals surface area (Å²) in [7, 11) is 0. The van der Waals surface area contributed by atoms with Gasteiger partial charge >= 0.3 is 0 Å². The maximum atomic E-state index is 10.9. The van der Waals surface area contributed by atoms with Gasteiger partial charge in [0.2, 0.25) is 0 Å². The zero-order chi connectivity index (χ0) is 14.0. The van der Waals surface area contributed by atoms with Crippen LogP contribution in [0.15, 0.2) is 0 Å². The molecule has 18 heavy (non-hydrogen) atoms. The average molecular weight is 254 g/mol. The molecule has 0 unspecified atom stereocenters. The van der Waals surface area contributed by atoms with Gasteiger partial charge in [0.1, 0.15) is 0 Å². The molecule has 2 heteroatoms. The second kappa shape index (κ2) is 3.73. The third-order valence-electron chi connectivity index (χ3n) is 5.72. The summed E-state index contributed by atoms with van der Waals surface area (Å²) in [6, 6.07) is 0. The van der Waals surface area contributed by atoms with Crippen LogP contribution in [0.5, 0.6) is 0 Å². The Morgan fingerprint density at radius 3 is 1.67 bits per heavy atom. The maximum absolute atomic E-state index is 10.9. The molecule has 0 amide bonds. The van der Waals surface area contributed by atoms with E-state index in [4.69, 9.17) is 0 Å². The molecule has 2 aliphatic carbocycles. The van der Waals surface area contributed by atoms with Gasteiger partial charge in [-0.1, -0.05) is 34.6 Å². The third kappa shape index (κ3) is 1.92. The van der Waals surface area contributed by atoms with Crippen molar-refractivity contribution in [2.75, 3.05) is 0 Å². The highest BCUT2D eigenvalue weighted by atomic mass is 16.3. The predicted octanol–water partition coefficient (Wildman–Crippen LogP) is 3.36. The van der Waals surface area contributed by atoms with Crippen molar-refractivity contribution in [2.45, 2.75) is 78.9 Å². The van der Waals surface area contributed by atoms with Crippen molar-refractivity contribution in [2.24, 2.45) is 22.2 Å². The molecule has 106 valence electrons. The summed E-state index contributed by atoms with van der Waals surface area (Å²) in [5, 5.41) is 21.2. The molecular formula is C16H30O2. The van der Waals surface area contributed by atoms with Crippen molar-refractivity contribution < 1.29 is 10.2 Å². The van der Waals surface area contributed by atoms with Crippen LogP contribution in [0.1, 0.15) is 67.2 Å². The van der Waals surface area contributed by atoms with Crippen LogP contribution in [0.4, 0.5) is 0 Å². The largest absolute Gasteiger partial charge is 0.390 e. The highest BCUT2D eigenvalue weighted by molar-refractivity contribution is 5.14. The summed E-state index contributed by atoms with van der Waals surface area (Å²) >= 11 is 0. The first-order valence-electron chi connectivity index (χ1n) is 7.32. The lowest BCUT2D eigenvalue weighted by molar-refractivity contribution is -0.167. The lowest BCUT2D eigenvalue weighted by Crippen LogP contribution is -2.56. The molecule has 0 aromatic rings. The van der Waals surface area contributed by atoms with Crippen LogP contribution in [-0.2, 0) is 0 Å². The highest BCUT2D eigenvalue weighted by Crippen LogP contribution is 2.65. The molecule has 0 aromatic heterocycles. The summed E-state index contributed by atoms with van der Waals surface area (Å²) in [6.07, 6.45) is 3.40. The van der Waals surface area contributed by atoms with Gasteiger partial charge in [0.25, 0.3) is 0 Å². The molecule has 1 spiro atoms. The molecule has 3 atom stereocenters. The van der Waals surface area contributed by atoms with Crippen LogP contribution in [0, 0.1) is 22.2 Å². The predicted molar refractivity (Wildman–Crippen MR) is 74.3 cm³/mol. The molecule has 0 radical (unpaired) electrons. The minimum atomic E-state index is -0.943. The van der Waals surface area contributed by atoms with E-state index in [2.05, 4.69) is 34.6 Å². The quantitative estimate of drug-likeness (QED) is 0.696. The normalized spacial score (nSPS) is 45.3.